The quantitative estimate of drug-likeness (QED) is 0.506. The fraction of sp³-hybridized carbons (Fsp3) is 0.158. The van der Waals surface area contributed by atoms with Crippen molar-refractivity contribution in [1.29, 1.82) is 0 Å². The fourth-order valence-electron chi connectivity index (χ4n) is 2.91. The van der Waals surface area contributed by atoms with Crippen molar-refractivity contribution in [3.05, 3.63) is 71.3 Å². The zero-order chi connectivity index (χ0) is 18.0. The van der Waals surface area contributed by atoms with E-state index in [1.165, 1.54) is 7.11 Å². The second-order valence-electron chi connectivity index (χ2n) is 5.55. The first-order chi connectivity index (χ1) is 12.1. The molecule has 1 aliphatic rings. The molecule has 1 fully saturated rings. The topological polar surface area (TPSA) is 87.1 Å². The van der Waals surface area contributed by atoms with E-state index in [9.17, 15) is 19.8 Å². The molecule has 1 heterocycles. The lowest BCUT2D eigenvalue weighted by Crippen LogP contribution is -2.30. The minimum Gasteiger partial charge on any atom is -0.507 e. The van der Waals surface area contributed by atoms with Gasteiger partial charge in [0.05, 0.1) is 18.7 Å². The fourth-order valence-corrected chi connectivity index (χ4v) is 2.91. The summed E-state index contributed by atoms with van der Waals surface area (Å²) in [6.45, 7) is -0.632. The van der Waals surface area contributed by atoms with Crippen LogP contribution in [0.4, 0.5) is 0 Å². The van der Waals surface area contributed by atoms with E-state index >= 15 is 0 Å². The Hall–Kier alpha value is -3.12. The van der Waals surface area contributed by atoms with Crippen LogP contribution in [0.2, 0.25) is 0 Å². The molecule has 1 atom stereocenters. The molecule has 25 heavy (non-hydrogen) atoms. The third-order valence-corrected chi connectivity index (χ3v) is 4.17. The molecule has 2 N–H and O–H groups in total. The SMILES string of the molecule is COc1ccc([C@@H]2C(=C(O)c3ccccc3)C(=O)C(=O)N2CO)cc1. The van der Waals surface area contributed by atoms with E-state index in [0.29, 0.717) is 16.9 Å². The molecule has 1 saturated heterocycles. The van der Waals surface area contributed by atoms with E-state index in [1.807, 2.05) is 0 Å². The summed E-state index contributed by atoms with van der Waals surface area (Å²) in [5, 5.41) is 20.2. The number of hydrogen-bond acceptors (Lipinski definition) is 5. The van der Waals surface area contributed by atoms with Crippen LogP contribution in [0, 0.1) is 0 Å². The number of ether oxygens (including phenoxy) is 1. The third kappa shape index (κ3) is 2.88. The summed E-state index contributed by atoms with van der Waals surface area (Å²) in [5.74, 6) is -1.32. The number of methoxy groups -OCH3 is 1. The number of benzene rings is 2. The van der Waals surface area contributed by atoms with E-state index < -0.39 is 24.5 Å². The molecule has 3 rings (SSSR count). The van der Waals surface area contributed by atoms with Gasteiger partial charge in [-0.15, -0.1) is 0 Å². The molecule has 0 radical (unpaired) electrons. The first kappa shape index (κ1) is 16.7. The van der Waals surface area contributed by atoms with Crippen molar-refractivity contribution >= 4 is 17.4 Å². The standard InChI is InChI=1S/C19H17NO5/c1-25-14-9-7-12(8-10-14)16-15(18(23)19(24)20(16)11-21)17(22)13-5-3-2-4-6-13/h2-10,16,21-22H,11H2,1H3/t16-/m1/s1. The normalized spacial score (nSPS) is 19.3. The van der Waals surface area contributed by atoms with Crippen molar-refractivity contribution in [3.8, 4) is 5.75 Å². The first-order valence-corrected chi connectivity index (χ1v) is 7.67. The average Bonchev–Trinajstić information content (AvgIpc) is 2.92. The highest BCUT2D eigenvalue weighted by Gasteiger charge is 2.45. The van der Waals surface area contributed by atoms with Crippen LogP contribution in [0.15, 0.2) is 60.2 Å². The third-order valence-electron chi connectivity index (χ3n) is 4.17. The maximum atomic E-state index is 12.5. The molecule has 2 aromatic carbocycles. The Bertz CT molecular complexity index is 827. The number of carbonyl (C=O) groups is 2. The highest BCUT2D eigenvalue weighted by atomic mass is 16.5. The van der Waals surface area contributed by atoms with Gasteiger partial charge in [0.2, 0.25) is 0 Å². The Morgan fingerprint density at radius 1 is 1.08 bits per heavy atom. The van der Waals surface area contributed by atoms with Gasteiger partial charge in [0.25, 0.3) is 11.7 Å². The van der Waals surface area contributed by atoms with Gasteiger partial charge in [-0.2, -0.15) is 0 Å². The number of carbonyl (C=O) groups excluding carboxylic acids is 2. The summed E-state index contributed by atoms with van der Waals surface area (Å²) in [4.78, 5) is 25.7. The number of ketones is 1. The Labute approximate surface area is 144 Å². The van der Waals surface area contributed by atoms with Crippen molar-refractivity contribution in [2.24, 2.45) is 0 Å². The van der Waals surface area contributed by atoms with Gasteiger partial charge in [-0.1, -0.05) is 42.5 Å². The summed E-state index contributed by atoms with van der Waals surface area (Å²) < 4.78 is 5.11. The van der Waals surface area contributed by atoms with Crippen LogP contribution < -0.4 is 4.74 Å². The Kier molecular flexibility index (Phi) is 4.54. The lowest BCUT2D eigenvalue weighted by atomic mass is 9.95. The summed E-state index contributed by atoms with van der Waals surface area (Å²) in [6, 6.07) is 14.4. The van der Waals surface area contributed by atoms with E-state index in [4.69, 9.17) is 4.74 Å². The second kappa shape index (κ2) is 6.78. The van der Waals surface area contributed by atoms with Gasteiger partial charge in [0.1, 0.15) is 18.2 Å². The van der Waals surface area contributed by atoms with Crippen molar-refractivity contribution in [2.75, 3.05) is 13.8 Å². The Morgan fingerprint density at radius 2 is 1.72 bits per heavy atom. The number of nitrogens with zero attached hydrogens (tertiary/aromatic N) is 1. The van der Waals surface area contributed by atoms with Crippen LogP contribution in [0.3, 0.4) is 0 Å². The molecule has 0 unspecified atom stereocenters. The molecule has 0 aromatic heterocycles. The monoisotopic (exact) mass is 339 g/mol. The van der Waals surface area contributed by atoms with Crippen LogP contribution >= 0.6 is 0 Å². The molecular formula is C19H17NO5. The Balaban J connectivity index is 2.16. The van der Waals surface area contributed by atoms with Gasteiger partial charge >= 0.3 is 0 Å². The van der Waals surface area contributed by atoms with Gasteiger partial charge in [0, 0.05) is 5.56 Å². The van der Waals surface area contributed by atoms with Gasteiger partial charge in [-0.05, 0) is 17.7 Å². The lowest BCUT2D eigenvalue weighted by Gasteiger charge is -2.23. The van der Waals surface area contributed by atoms with E-state index in [-0.39, 0.29) is 11.3 Å². The number of aliphatic hydroxyl groups is 2. The van der Waals surface area contributed by atoms with Crippen LogP contribution in [0.5, 0.6) is 5.75 Å². The van der Waals surface area contributed by atoms with Crippen LogP contribution in [0.25, 0.3) is 5.76 Å². The molecular weight excluding hydrogens is 322 g/mol. The van der Waals surface area contributed by atoms with Crippen LogP contribution in [-0.4, -0.2) is 40.6 Å². The average molecular weight is 339 g/mol. The molecule has 6 heteroatoms. The smallest absolute Gasteiger partial charge is 0.297 e. The maximum Gasteiger partial charge on any atom is 0.297 e. The van der Waals surface area contributed by atoms with Crippen molar-refractivity contribution in [1.82, 2.24) is 4.90 Å². The van der Waals surface area contributed by atoms with E-state index in [2.05, 4.69) is 0 Å². The molecule has 0 saturated carbocycles. The highest BCUT2D eigenvalue weighted by molar-refractivity contribution is 6.46. The van der Waals surface area contributed by atoms with Crippen LogP contribution in [-0.2, 0) is 9.59 Å². The molecule has 1 amide bonds. The Morgan fingerprint density at radius 3 is 2.28 bits per heavy atom. The van der Waals surface area contributed by atoms with Crippen molar-refractivity contribution in [3.63, 3.8) is 0 Å². The number of aliphatic hydroxyl groups excluding tert-OH is 2. The van der Waals surface area contributed by atoms with Crippen LogP contribution in [0.1, 0.15) is 17.2 Å². The zero-order valence-corrected chi connectivity index (χ0v) is 13.5. The minimum absolute atomic E-state index is 0.0459. The van der Waals surface area contributed by atoms with Gasteiger partial charge in [0.15, 0.2) is 0 Å². The molecule has 128 valence electrons. The zero-order valence-electron chi connectivity index (χ0n) is 13.5. The summed E-state index contributed by atoms with van der Waals surface area (Å²) in [5.41, 5.74) is 0.971. The van der Waals surface area contributed by atoms with E-state index in [1.54, 1.807) is 54.6 Å². The highest BCUT2D eigenvalue weighted by Crippen LogP contribution is 2.39. The van der Waals surface area contributed by atoms with Gasteiger partial charge < -0.3 is 19.8 Å². The number of Topliss-reactive ketones (excluding diaryl/α,β-unsaturated/α-hetero) is 1. The molecule has 0 bridgehead atoms. The number of amides is 1. The molecule has 1 aliphatic heterocycles. The lowest BCUT2D eigenvalue weighted by molar-refractivity contribution is -0.142. The summed E-state index contributed by atoms with van der Waals surface area (Å²) in [6.07, 6.45) is 0. The van der Waals surface area contributed by atoms with Crippen molar-refractivity contribution < 1.29 is 24.5 Å². The number of hydrogen-bond donors (Lipinski definition) is 2. The summed E-state index contributed by atoms with van der Waals surface area (Å²) in [7, 11) is 1.53. The van der Waals surface area contributed by atoms with E-state index in [0.717, 1.165) is 4.90 Å². The maximum absolute atomic E-state index is 12.5. The molecule has 0 aliphatic carbocycles. The first-order valence-electron chi connectivity index (χ1n) is 7.67. The minimum atomic E-state index is -0.865. The predicted molar refractivity (Wildman–Crippen MR) is 90.7 cm³/mol. The summed E-state index contributed by atoms with van der Waals surface area (Å²) >= 11 is 0. The predicted octanol–water partition coefficient (Wildman–Crippen LogP) is 2.07. The molecule has 6 nitrogen and oxygen atoms in total. The second-order valence-corrected chi connectivity index (χ2v) is 5.55. The molecule has 0 spiro atoms. The van der Waals surface area contributed by atoms with Gasteiger partial charge in [-0.25, -0.2) is 0 Å². The van der Waals surface area contributed by atoms with Gasteiger partial charge in [-0.3, -0.25) is 9.59 Å². The van der Waals surface area contributed by atoms with Crippen molar-refractivity contribution in [2.45, 2.75) is 6.04 Å². The molecule has 2 aromatic rings. The number of likely N-dealkylation sites (tertiary alicyclic amines) is 1. The number of rotatable bonds is 4. The largest absolute Gasteiger partial charge is 0.507 e.